The van der Waals surface area contributed by atoms with Crippen LogP contribution in [0.3, 0.4) is 0 Å². The molecule has 3 atom stereocenters. The van der Waals surface area contributed by atoms with Crippen LogP contribution in [-0.4, -0.2) is 30.4 Å². The van der Waals surface area contributed by atoms with E-state index >= 15 is 0 Å². The third-order valence-electron chi connectivity index (χ3n) is 4.85. The quantitative estimate of drug-likeness (QED) is 0.884. The molecule has 0 radical (unpaired) electrons. The zero-order valence-corrected chi connectivity index (χ0v) is 13.8. The van der Waals surface area contributed by atoms with Gasteiger partial charge in [-0.1, -0.05) is 30.2 Å². The van der Waals surface area contributed by atoms with E-state index in [1.165, 1.54) is 0 Å². The number of nitrogens with zero attached hydrogens (tertiary/aromatic N) is 1. The number of para-hydroxylation sites is 1. The van der Waals surface area contributed by atoms with Crippen molar-refractivity contribution in [3.8, 4) is 0 Å². The Balaban J connectivity index is 1.59. The van der Waals surface area contributed by atoms with Gasteiger partial charge in [0.1, 0.15) is 6.04 Å². The molecular formula is C17H22ClN3O2. The molecule has 2 amide bonds. The Bertz CT molecular complexity index is 607. The zero-order valence-electron chi connectivity index (χ0n) is 13.0. The van der Waals surface area contributed by atoms with Crippen LogP contribution in [0.4, 0.5) is 5.69 Å². The van der Waals surface area contributed by atoms with Crippen LogP contribution >= 0.6 is 11.6 Å². The van der Waals surface area contributed by atoms with Gasteiger partial charge in [0.25, 0.3) is 0 Å². The molecule has 1 saturated heterocycles. The highest BCUT2D eigenvalue weighted by molar-refractivity contribution is 6.34. The van der Waals surface area contributed by atoms with Gasteiger partial charge in [-0.25, -0.2) is 0 Å². The molecule has 3 rings (SSSR count). The van der Waals surface area contributed by atoms with E-state index < -0.39 is 6.04 Å². The number of nitrogens with two attached hydrogens (primary N) is 1. The van der Waals surface area contributed by atoms with Crippen molar-refractivity contribution < 1.29 is 9.59 Å². The van der Waals surface area contributed by atoms with Crippen molar-refractivity contribution in [3.05, 3.63) is 29.3 Å². The molecular weight excluding hydrogens is 314 g/mol. The van der Waals surface area contributed by atoms with Gasteiger partial charge < -0.3 is 16.0 Å². The fourth-order valence-electron chi connectivity index (χ4n) is 3.53. The van der Waals surface area contributed by atoms with Crippen molar-refractivity contribution in [1.29, 1.82) is 0 Å². The van der Waals surface area contributed by atoms with Crippen LogP contribution in [-0.2, 0) is 9.59 Å². The molecule has 0 aromatic heterocycles. The van der Waals surface area contributed by atoms with E-state index in [0.29, 0.717) is 30.1 Å². The Morgan fingerprint density at radius 1 is 1.30 bits per heavy atom. The van der Waals surface area contributed by atoms with Gasteiger partial charge in [-0.3, -0.25) is 9.59 Å². The van der Waals surface area contributed by atoms with Crippen molar-refractivity contribution in [2.45, 2.75) is 44.2 Å². The van der Waals surface area contributed by atoms with Crippen LogP contribution < -0.4 is 16.0 Å². The highest BCUT2D eigenvalue weighted by atomic mass is 35.5. The van der Waals surface area contributed by atoms with Crippen LogP contribution in [0.15, 0.2) is 24.3 Å². The SMILES string of the molecule is N[C@@H]1CCC[C@H]1CC(=O)NC1CCN(c2ccccc2Cl)C1=O. The number of benzene rings is 1. The molecule has 124 valence electrons. The molecule has 1 aliphatic carbocycles. The molecule has 1 unspecified atom stereocenters. The van der Waals surface area contributed by atoms with Gasteiger partial charge >= 0.3 is 0 Å². The molecule has 1 heterocycles. The number of hydrogen-bond acceptors (Lipinski definition) is 3. The lowest BCUT2D eigenvalue weighted by Gasteiger charge is -2.19. The second-order valence-corrected chi connectivity index (χ2v) is 6.82. The number of carbonyl (C=O) groups excluding carboxylic acids is 2. The molecule has 1 saturated carbocycles. The van der Waals surface area contributed by atoms with E-state index in [1.807, 2.05) is 18.2 Å². The Labute approximate surface area is 141 Å². The van der Waals surface area contributed by atoms with Gasteiger partial charge in [0, 0.05) is 19.0 Å². The van der Waals surface area contributed by atoms with E-state index in [4.69, 9.17) is 17.3 Å². The minimum Gasteiger partial charge on any atom is -0.344 e. The van der Waals surface area contributed by atoms with E-state index in [9.17, 15) is 9.59 Å². The lowest BCUT2D eigenvalue weighted by Crippen LogP contribution is -2.42. The molecule has 1 aromatic carbocycles. The average Bonchev–Trinajstić information content (AvgIpc) is 3.07. The number of nitrogens with one attached hydrogen (secondary N) is 1. The number of carbonyl (C=O) groups is 2. The third-order valence-corrected chi connectivity index (χ3v) is 5.17. The van der Waals surface area contributed by atoms with Gasteiger partial charge in [-0.2, -0.15) is 0 Å². The number of anilines is 1. The maximum Gasteiger partial charge on any atom is 0.249 e. The molecule has 23 heavy (non-hydrogen) atoms. The van der Waals surface area contributed by atoms with Crippen LogP contribution in [0, 0.1) is 5.92 Å². The maximum atomic E-state index is 12.5. The normalized spacial score (nSPS) is 27.5. The number of amides is 2. The van der Waals surface area contributed by atoms with E-state index in [0.717, 1.165) is 19.3 Å². The minimum atomic E-state index is -0.462. The summed E-state index contributed by atoms with van der Waals surface area (Å²) >= 11 is 6.16. The molecule has 1 aromatic rings. The maximum absolute atomic E-state index is 12.5. The predicted molar refractivity (Wildman–Crippen MR) is 90.3 cm³/mol. The van der Waals surface area contributed by atoms with Crippen molar-refractivity contribution in [2.24, 2.45) is 11.7 Å². The Morgan fingerprint density at radius 2 is 2.09 bits per heavy atom. The van der Waals surface area contributed by atoms with Gasteiger partial charge in [-0.05, 0) is 37.3 Å². The van der Waals surface area contributed by atoms with Crippen LogP contribution in [0.1, 0.15) is 32.1 Å². The van der Waals surface area contributed by atoms with Gasteiger partial charge in [0.05, 0.1) is 10.7 Å². The number of rotatable bonds is 4. The summed E-state index contributed by atoms with van der Waals surface area (Å²) in [5, 5.41) is 3.41. The smallest absolute Gasteiger partial charge is 0.249 e. The number of hydrogen-bond donors (Lipinski definition) is 2. The first-order chi connectivity index (χ1) is 11.1. The van der Waals surface area contributed by atoms with Crippen molar-refractivity contribution in [2.75, 3.05) is 11.4 Å². The molecule has 2 fully saturated rings. The highest BCUT2D eigenvalue weighted by Gasteiger charge is 2.35. The van der Waals surface area contributed by atoms with Crippen LogP contribution in [0.25, 0.3) is 0 Å². The molecule has 0 bridgehead atoms. The first-order valence-corrected chi connectivity index (χ1v) is 8.55. The summed E-state index contributed by atoms with van der Waals surface area (Å²) in [4.78, 5) is 26.4. The molecule has 6 heteroatoms. The molecule has 2 aliphatic rings. The summed E-state index contributed by atoms with van der Waals surface area (Å²) in [5.41, 5.74) is 6.71. The summed E-state index contributed by atoms with van der Waals surface area (Å²) in [6, 6.07) is 6.91. The van der Waals surface area contributed by atoms with Crippen LogP contribution in [0.2, 0.25) is 5.02 Å². The minimum absolute atomic E-state index is 0.0771. The summed E-state index contributed by atoms with van der Waals surface area (Å²) in [7, 11) is 0. The topological polar surface area (TPSA) is 75.4 Å². The Hall–Kier alpha value is -1.59. The highest BCUT2D eigenvalue weighted by Crippen LogP contribution is 2.30. The summed E-state index contributed by atoms with van der Waals surface area (Å²) < 4.78 is 0. The lowest BCUT2D eigenvalue weighted by molar-refractivity contribution is -0.127. The standard InChI is InChI=1S/C17H22ClN3O2/c18-12-5-1-2-7-15(12)21-9-8-14(17(21)23)20-16(22)10-11-4-3-6-13(11)19/h1-2,5,7,11,13-14H,3-4,6,8-10,19H2,(H,20,22)/t11-,13+,14?/m0/s1. The van der Waals surface area contributed by atoms with Gasteiger partial charge in [0.2, 0.25) is 11.8 Å². The fraction of sp³-hybridized carbons (Fsp3) is 0.529. The largest absolute Gasteiger partial charge is 0.344 e. The average molecular weight is 336 g/mol. The van der Waals surface area contributed by atoms with E-state index in [2.05, 4.69) is 5.32 Å². The van der Waals surface area contributed by atoms with Crippen molar-refractivity contribution in [1.82, 2.24) is 5.32 Å². The van der Waals surface area contributed by atoms with Crippen LogP contribution in [0.5, 0.6) is 0 Å². The fourth-order valence-corrected chi connectivity index (χ4v) is 3.77. The second kappa shape index (κ2) is 6.89. The summed E-state index contributed by atoms with van der Waals surface area (Å²) in [5.74, 6) is 0.0695. The van der Waals surface area contributed by atoms with E-state index in [-0.39, 0.29) is 23.8 Å². The van der Waals surface area contributed by atoms with Gasteiger partial charge in [0.15, 0.2) is 0 Å². The number of halogens is 1. The Morgan fingerprint density at radius 3 is 2.78 bits per heavy atom. The van der Waals surface area contributed by atoms with Gasteiger partial charge in [-0.15, -0.1) is 0 Å². The summed E-state index contributed by atoms with van der Waals surface area (Å²) in [6.45, 7) is 0.566. The molecule has 0 spiro atoms. The Kier molecular flexibility index (Phi) is 4.87. The molecule has 3 N–H and O–H groups in total. The second-order valence-electron chi connectivity index (χ2n) is 6.41. The predicted octanol–water partition coefficient (Wildman–Crippen LogP) is 2.08. The van der Waals surface area contributed by atoms with Crippen molar-refractivity contribution in [3.63, 3.8) is 0 Å². The third kappa shape index (κ3) is 3.51. The monoisotopic (exact) mass is 335 g/mol. The molecule has 5 nitrogen and oxygen atoms in total. The van der Waals surface area contributed by atoms with E-state index in [1.54, 1.807) is 11.0 Å². The first kappa shape index (κ1) is 16.3. The summed E-state index contributed by atoms with van der Waals surface area (Å²) in [6.07, 6.45) is 4.09. The zero-order chi connectivity index (χ0) is 16.4. The molecule has 1 aliphatic heterocycles. The lowest BCUT2D eigenvalue weighted by atomic mass is 9.99. The first-order valence-electron chi connectivity index (χ1n) is 8.17. The van der Waals surface area contributed by atoms with Crippen molar-refractivity contribution >= 4 is 29.1 Å².